The molecule has 0 aliphatic carbocycles. The van der Waals surface area contributed by atoms with E-state index in [4.69, 9.17) is 35.0 Å². The number of hydrogen-bond donors (Lipinski definition) is 4. The van der Waals surface area contributed by atoms with Crippen LogP contribution in [-0.2, 0) is 209 Å². The monoisotopic (exact) mass is 835 g/mol. The van der Waals surface area contributed by atoms with Crippen molar-refractivity contribution in [3.8, 4) is 0 Å². The zero-order valence-electron chi connectivity index (χ0n) is 11.9. The second-order valence-corrected chi connectivity index (χ2v) is 2.69. The van der Waals surface area contributed by atoms with Crippen LogP contribution in [-0.4, -0.2) is 47.8 Å². The smallest absolute Gasteiger partial charge is 0.264 e. The summed E-state index contributed by atoms with van der Waals surface area (Å²) in [5.74, 6) is 0. The Hall–Kier alpha value is 6.27. The molecule has 0 atom stereocenters. The second kappa shape index (κ2) is 70.1. The van der Waals surface area contributed by atoms with Crippen molar-refractivity contribution in [3.63, 3.8) is 0 Å². The minimum Gasteiger partial charge on any atom is -0.264 e. The van der Waals surface area contributed by atoms with Gasteiger partial charge in [0, 0.05) is 201 Å². The molecule has 0 aliphatic rings. The molecule has 140 valence electrons. The van der Waals surface area contributed by atoms with Crippen molar-refractivity contribution >= 4 is 44.0 Å². The van der Waals surface area contributed by atoms with Crippen molar-refractivity contribution < 1.29 is 223 Å². The van der Waals surface area contributed by atoms with Crippen LogP contribution in [0.1, 0.15) is 0 Å². The van der Waals surface area contributed by atoms with Crippen molar-refractivity contribution in [2.75, 3.05) is 12.8 Å². The summed E-state index contributed by atoms with van der Waals surface area (Å²) >= 11 is 9.28. The maximum absolute atomic E-state index is 8.74. The molecular formula is C2H10Cl2Cr2Mn2O8S2Ti2V2Zn2. The standard InChI is InChI=1S/2CH3Cl.2Cr.2Mn.2H2O4S.2Ti.2V.2Zn/c2*1-2;;;;;2*1-5(2,3)4;;;;;;/h2*1H3;;;;;2*(H2,1,2,3,4);;;;;;. The van der Waals surface area contributed by atoms with Gasteiger partial charge in [0.05, 0.1) is 0 Å². The molecule has 0 bridgehead atoms. The zero-order valence-corrected chi connectivity index (χ0v) is 31.8. The number of hydrogen-bond acceptors (Lipinski definition) is 4. The summed E-state index contributed by atoms with van der Waals surface area (Å²) in [4.78, 5) is 0. The first-order valence-corrected chi connectivity index (χ1v) is 6.46. The molecular weight excluding hydrogens is 829 g/mol. The predicted molar refractivity (Wildman–Crippen MR) is 51.9 cm³/mol. The van der Waals surface area contributed by atoms with Crippen molar-refractivity contribution in [3.05, 3.63) is 0 Å². The third-order valence-electron chi connectivity index (χ3n) is 0. The van der Waals surface area contributed by atoms with Crippen LogP contribution < -0.4 is 0 Å². The average Bonchev–Trinajstić information content (AvgIpc) is 1.88. The molecule has 0 rings (SSSR count). The van der Waals surface area contributed by atoms with E-state index >= 15 is 0 Å². The minimum atomic E-state index is -4.67. The number of halogens is 2. The molecule has 22 heteroatoms. The van der Waals surface area contributed by atoms with Gasteiger partial charge in [-0.15, -0.1) is 23.2 Å². The molecule has 0 saturated carbocycles. The maximum Gasteiger partial charge on any atom is 0.394 e. The van der Waals surface area contributed by atoms with E-state index in [1.807, 2.05) is 0 Å². The topological polar surface area (TPSA) is 149 Å². The Bertz CT molecular complexity index is 266. The van der Waals surface area contributed by atoms with Gasteiger partial charge in [0.15, 0.2) is 0 Å². The predicted octanol–water partition coefficient (Wildman–Crippen LogP) is 0.379. The zero-order chi connectivity index (χ0) is 13.0. The van der Waals surface area contributed by atoms with Crippen LogP contribution in [0.15, 0.2) is 0 Å². The molecule has 24 heavy (non-hydrogen) atoms. The Balaban J connectivity index is -0.00000000427. The first-order chi connectivity index (χ1) is 6.00. The average molecular weight is 839 g/mol. The Morgan fingerprint density at radius 2 is 0.583 bits per heavy atom. The second-order valence-electron chi connectivity index (χ2n) is 0.896. The molecule has 0 aromatic heterocycles. The minimum absolute atomic E-state index is 0. The molecule has 4 N–H and O–H groups in total. The molecule has 0 aliphatic heterocycles. The van der Waals surface area contributed by atoms with Crippen LogP contribution in [0.2, 0.25) is 0 Å². The molecule has 0 spiro atoms. The van der Waals surface area contributed by atoms with Gasteiger partial charge in [0.2, 0.25) is 0 Å². The van der Waals surface area contributed by atoms with E-state index < -0.39 is 20.8 Å². The summed E-state index contributed by atoms with van der Waals surface area (Å²) in [6, 6.07) is 0. The van der Waals surface area contributed by atoms with E-state index in [-0.39, 0.29) is 188 Å². The molecule has 0 aromatic carbocycles. The van der Waals surface area contributed by atoms with Crippen LogP contribution in [0.4, 0.5) is 0 Å². The van der Waals surface area contributed by atoms with E-state index in [9.17, 15) is 0 Å². The van der Waals surface area contributed by atoms with Crippen LogP contribution in [0.3, 0.4) is 0 Å². The van der Waals surface area contributed by atoms with Crippen molar-refractivity contribution in [2.45, 2.75) is 0 Å². The van der Waals surface area contributed by atoms with Crippen LogP contribution in [0.25, 0.3) is 0 Å². The van der Waals surface area contributed by atoms with Gasteiger partial charge in [0.25, 0.3) is 0 Å². The fourth-order valence-electron chi connectivity index (χ4n) is 0. The van der Waals surface area contributed by atoms with E-state index in [0.717, 1.165) is 0 Å². The van der Waals surface area contributed by atoms with E-state index in [2.05, 4.69) is 23.2 Å². The quantitative estimate of drug-likeness (QED) is 0.156. The van der Waals surface area contributed by atoms with E-state index in [1.165, 1.54) is 12.8 Å². The number of rotatable bonds is 0. The first kappa shape index (κ1) is 98.0. The fraction of sp³-hybridized carbons (Fsp3) is 1.00. The van der Waals surface area contributed by atoms with Gasteiger partial charge < -0.3 is 0 Å². The van der Waals surface area contributed by atoms with Gasteiger partial charge in [-0.25, -0.2) is 0 Å². The molecule has 0 heterocycles. The summed E-state index contributed by atoms with van der Waals surface area (Å²) in [7, 11) is -9.33. The summed E-state index contributed by atoms with van der Waals surface area (Å²) in [5, 5.41) is 0. The van der Waals surface area contributed by atoms with Gasteiger partial charge in [-0.3, -0.25) is 18.2 Å². The van der Waals surface area contributed by atoms with Crippen molar-refractivity contribution in [1.29, 1.82) is 0 Å². The van der Waals surface area contributed by atoms with Crippen molar-refractivity contribution in [2.24, 2.45) is 0 Å². The van der Waals surface area contributed by atoms with Gasteiger partial charge >= 0.3 is 20.8 Å². The van der Waals surface area contributed by atoms with Gasteiger partial charge in [-0.1, -0.05) is 0 Å². The molecule has 0 unspecified atom stereocenters. The van der Waals surface area contributed by atoms with E-state index in [0.29, 0.717) is 0 Å². The Kier molecular flexibility index (Phi) is 286. The fourth-order valence-corrected chi connectivity index (χ4v) is 0. The summed E-state index contributed by atoms with van der Waals surface area (Å²) in [5.41, 5.74) is 0. The third kappa shape index (κ3) is 535. The number of alkyl halides is 2. The molecule has 0 amide bonds. The molecule has 4 radical (unpaired) electrons. The Morgan fingerprint density at radius 1 is 0.583 bits per heavy atom. The summed E-state index contributed by atoms with van der Waals surface area (Å²) in [6.07, 6.45) is 2.94. The largest absolute Gasteiger partial charge is 0.394 e. The normalized spacial score (nSPS) is 5.33. The van der Waals surface area contributed by atoms with Crippen LogP contribution in [0.5, 0.6) is 0 Å². The third-order valence-corrected chi connectivity index (χ3v) is 0. The van der Waals surface area contributed by atoms with Gasteiger partial charge in [-0.2, -0.15) is 16.8 Å². The maximum atomic E-state index is 8.74. The molecule has 8 nitrogen and oxygen atoms in total. The Labute approximate surface area is 275 Å². The van der Waals surface area contributed by atoms with Crippen molar-refractivity contribution in [1.82, 2.24) is 0 Å². The van der Waals surface area contributed by atoms with E-state index in [1.54, 1.807) is 0 Å². The van der Waals surface area contributed by atoms with Gasteiger partial charge in [-0.05, 0) is 0 Å². The molecule has 0 saturated heterocycles. The Morgan fingerprint density at radius 3 is 0.583 bits per heavy atom. The van der Waals surface area contributed by atoms with Gasteiger partial charge in [0.1, 0.15) is 0 Å². The summed E-state index contributed by atoms with van der Waals surface area (Å²) in [6.45, 7) is 0. The molecule has 0 fully saturated rings. The first-order valence-electron chi connectivity index (χ1n) is 2.15. The SMILES string of the molecule is CCl.CCl.O=S(=O)(O)O.O=S(=O)(O)O.[Cr].[Cr].[Mn].[Mn].[Ti].[Ti].[V].[V].[Zn].[Zn]. The summed E-state index contributed by atoms with van der Waals surface area (Å²) < 4.78 is 63.2. The molecule has 0 aromatic rings. The van der Waals surface area contributed by atoms with Crippen LogP contribution in [0, 0.1) is 0 Å². The van der Waals surface area contributed by atoms with Crippen LogP contribution >= 0.6 is 23.2 Å².